The number of aliphatic hydroxyl groups is 1. The summed E-state index contributed by atoms with van der Waals surface area (Å²) in [5.74, 6) is 1.44. The smallest absolute Gasteiger partial charge is 0.143 e. The molecule has 3 unspecified atom stereocenters. The molecule has 122 valence electrons. The summed E-state index contributed by atoms with van der Waals surface area (Å²) in [7, 11) is 0. The highest BCUT2D eigenvalue weighted by Gasteiger charge is 2.29. The Morgan fingerprint density at radius 3 is 2.86 bits per heavy atom. The predicted molar refractivity (Wildman–Crippen MR) is 89.6 cm³/mol. The van der Waals surface area contributed by atoms with Gasteiger partial charge in [0, 0.05) is 12.6 Å². The zero-order valence-corrected chi connectivity index (χ0v) is 13.9. The normalized spacial score (nSPS) is 26.0. The molecule has 0 aromatic heterocycles. The number of benzene rings is 1. The number of fused-ring (bicyclic) bond motifs is 1. The highest BCUT2D eigenvalue weighted by atomic mass is 16.5. The van der Waals surface area contributed by atoms with Gasteiger partial charge in [-0.25, -0.2) is 0 Å². The molecule has 1 fully saturated rings. The summed E-state index contributed by atoms with van der Waals surface area (Å²) in [6, 6.07) is 6.33. The second-order valence-corrected chi connectivity index (χ2v) is 6.81. The van der Waals surface area contributed by atoms with E-state index in [0.717, 1.165) is 49.5 Å². The molecule has 2 heterocycles. The van der Waals surface area contributed by atoms with Gasteiger partial charge in [0.25, 0.3) is 0 Å². The maximum atomic E-state index is 10.6. The maximum Gasteiger partial charge on any atom is 0.143 e. The van der Waals surface area contributed by atoms with Crippen LogP contribution in [0.15, 0.2) is 18.2 Å². The molecule has 22 heavy (non-hydrogen) atoms. The Labute approximate surface area is 133 Å². The van der Waals surface area contributed by atoms with Crippen LogP contribution in [0, 0.1) is 5.92 Å². The van der Waals surface area contributed by atoms with E-state index in [2.05, 4.69) is 37.1 Å². The molecule has 0 bridgehead atoms. The summed E-state index contributed by atoms with van der Waals surface area (Å²) < 4.78 is 6.15. The van der Waals surface area contributed by atoms with Crippen molar-refractivity contribution in [1.82, 2.24) is 5.32 Å². The monoisotopic (exact) mass is 304 g/mol. The van der Waals surface area contributed by atoms with Crippen LogP contribution in [0.2, 0.25) is 0 Å². The molecule has 2 aliphatic rings. The number of nitrogens with one attached hydrogen (secondary N) is 1. The molecule has 2 aliphatic heterocycles. The molecule has 0 spiro atoms. The van der Waals surface area contributed by atoms with Crippen molar-refractivity contribution >= 4 is 5.69 Å². The van der Waals surface area contributed by atoms with Gasteiger partial charge >= 0.3 is 0 Å². The Hall–Kier alpha value is -1.26. The van der Waals surface area contributed by atoms with Crippen molar-refractivity contribution in [2.75, 3.05) is 24.5 Å². The molecule has 1 saturated heterocycles. The first-order chi connectivity index (χ1) is 10.6. The lowest BCUT2D eigenvalue weighted by Crippen LogP contribution is -2.42. The van der Waals surface area contributed by atoms with Crippen LogP contribution in [0.5, 0.6) is 5.75 Å². The Kier molecular flexibility index (Phi) is 4.59. The van der Waals surface area contributed by atoms with Crippen molar-refractivity contribution in [3.63, 3.8) is 0 Å². The highest BCUT2D eigenvalue weighted by molar-refractivity contribution is 5.62. The fourth-order valence-electron chi connectivity index (χ4n) is 3.44. The standard InChI is InChI=1S/C18H28N2O2/c1-4-20-11-17(12(2)3)22-16-8-7-13(10-15(16)20)18(21)14-6-5-9-19-14/h7-8,10,12,14,17-19,21H,4-6,9,11H2,1-3H3. The van der Waals surface area contributed by atoms with Crippen LogP contribution in [0.4, 0.5) is 5.69 Å². The molecule has 0 radical (unpaired) electrons. The third-order valence-corrected chi connectivity index (χ3v) is 4.95. The number of ether oxygens (including phenoxy) is 1. The molecule has 0 amide bonds. The highest BCUT2D eigenvalue weighted by Crippen LogP contribution is 2.37. The molecule has 0 aliphatic carbocycles. The molecule has 3 atom stereocenters. The van der Waals surface area contributed by atoms with Gasteiger partial charge in [0.05, 0.1) is 18.3 Å². The molecule has 4 heteroatoms. The minimum absolute atomic E-state index is 0.182. The Morgan fingerprint density at radius 1 is 1.41 bits per heavy atom. The largest absolute Gasteiger partial charge is 0.486 e. The Bertz CT molecular complexity index is 512. The third kappa shape index (κ3) is 2.95. The maximum absolute atomic E-state index is 10.6. The lowest BCUT2D eigenvalue weighted by atomic mass is 9.98. The second-order valence-electron chi connectivity index (χ2n) is 6.81. The van der Waals surface area contributed by atoms with Gasteiger partial charge in [-0.1, -0.05) is 19.9 Å². The molecule has 1 aromatic carbocycles. The topological polar surface area (TPSA) is 44.7 Å². The van der Waals surface area contributed by atoms with Crippen LogP contribution in [0.1, 0.15) is 45.3 Å². The molecule has 0 saturated carbocycles. The van der Waals surface area contributed by atoms with Crippen LogP contribution in [0.25, 0.3) is 0 Å². The molecular formula is C18H28N2O2. The van der Waals surface area contributed by atoms with E-state index < -0.39 is 6.10 Å². The quantitative estimate of drug-likeness (QED) is 0.898. The van der Waals surface area contributed by atoms with E-state index in [0.29, 0.717) is 5.92 Å². The van der Waals surface area contributed by atoms with Crippen LogP contribution in [-0.2, 0) is 0 Å². The van der Waals surface area contributed by atoms with Crippen LogP contribution < -0.4 is 15.0 Å². The van der Waals surface area contributed by atoms with Gasteiger partial charge in [0.2, 0.25) is 0 Å². The number of hydrogen-bond donors (Lipinski definition) is 2. The van der Waals surface area contributed by atoms with Gasteiger partial charge in [-0.15, -0.1) is 0 Å². The van der Waals surface area contributed by atoms with Gasteiger partial charge in [-0.05, 0) is 49.9 Å². The van der Waals surface area contributed by atoms with Gasteiger partial charge in [-0.3, -0.25) is 0 Å². The van der Waals surface area contributed by atoms with Crippen LogP contribution in [0.3, 0.4) is 0 Å². The number of hydrogen-bond acceptors (Lipinski definition) is 4. The summed E-state index contributed by atoms with van der Waals surface area (Å²) in [6.07, 6.45) is 1.99. The summed E-state index contributed by atoms with van der Waals surface area (Å²) in [4.78, 5) is 2.36. The van der Waals surface area contributed by atoms with Crippen molar-refractivity contribution in [3.05, 3.63) is 23.8 Å². The summed E-state index contributed by atoms with van der Waals surface area (Å²) >= 11 is 0. The average Bonchev–Trinajstić information content (AvgIpc) is 3.06. The fraction of sp³-hybridized carbons (Fsp3) is 0.667. The Balaban J connectivity index is 1.86. The van der Waals surface area contributed by atoms with E-state index in [1.165, 1.54) is 0 Å². The summed E-state index contributed by atoms with van der Waals surface area (Å²) in [6.45, 7) is 9.46. The minimum Gasteiger partial charge on any atom is -0.486 e. The van der Waals surface area contributed by atoms with Crippen molar-refractivity contribution < 1.29 is 9.84 Å². The van der Waals surface area contributed by atoms with E-state index in [-0.39, 0.29) is 12.1 Å². The zero-order chi connectivity index (χ0) is 15.7. The number of anilines is 1. The third-order valence-electron chi connectivity index (χ3n) is 4.95. The van der Waals surface area contributed by atoms with E-state index in [1.54, 1.807) is 0 Å². The SMILES string of the molecule is CCN1CC(C(C)C)Oc2ccc(C(O)C3CCCN3)cc21. The minimum atomic E-state index is -0.436. The molecule has 1 aromatic rings. The van der Waals surface area contributed by atoms with Gasteiger partial charge in [0.15, 0.2) is 0 Å². The number of nitrogens with zero attached hydrogens (tertiary/aromatic N) is 1. The number of aliphatic hydroxyl groups excluding tert-OH is 1. The van der Waals surface area contributed by atoms with E-state index >= 15 is 0 Å². The predicted octanol–water partition coefficient (Wildman–Crippen LogP) is 2.72. The van der Waals surface area contributed by atoms with Crippen molar-refractivity contribution in [3.8, 4) is 5.75 Å². The van der Waals surface area contributed by atoms with E-state index in [4.69, 9.17) is 4.74 Å². The van der Waals surface area contributed by atoms with Gasteiger partial charge < -0.3 is 20.1 Å². The molecule has 4 nitrogen and oxygen atoms in total. The second kappa shape index (κ2) is 6.47. The number of rotatable bonds is 4. The van der Waals surface area contributed by atoms with Crippen molar-refractivity contribution in [2.24, 2.45) is 5.92 Å². The first-order valence-electron chi connectivity index (χ1n) is 8.57. The molecular weight excluding hydrogens is 276 g/mol. The average molecular weight is 304 g/mol. The fourth-order valence-corrected chi connectivity index (χ4v) is 3.44. The Morgan fingerprint density at radius 2 is 2.23 bits per heavy atom. The zero-order valence-electron chi connectivity index (χ0n) is 13.9. The molecule has 3 rings (SSSR count). The first kappa shape index (κ1) is 15.6. The summed E-state index contributed by atoms with van der Waals surface area (Å²) in [5, 5.41) is 14.0. The number of likely N-dealkylation sites (N-methyl/N-ethyl adjacent to an activating group) is 1. The lowest BCUT2D eigenvalue weighted by molar-refractivity contribution is 0.135. The van der Waals surface area contributed by atoms with Crippen LogP contribution >= 0.6 is 0 Å². The van der Waals surface area contributed by atoms with Crippen molar-refractivity contribution in [1.29, 1.82) is 0 Å². The van der Waals surface area contributed by atoms with Gasteiger partial charge in [0.1, 0.15) is 11.9 Å². The van der Waals surface area contributed by atoms with Crippen molar-refractivity contribution in [2.45, 2.75) is 51.9 Å². The summed E-state index contributed by atoms with van der Waals surface area (Å²) in [5.41, 5.74) is 2.11. The van der Waals surface area contributed by atoms with E-state index in [1.807, 2.05) is 12.1 Å². The van der Waals surface area contributed by atoms with E-state index in [9.17, 15) is 5.11 Å². The first-order valence-corrected chi connectivity index (χ1v) is 8.57. The van der Waals surface area contributed by atoms with Crippen LogP contribution in [-0.4, -0.2) is 36.9 Å². The lowest BCUT2D eigenvalue weighted by Gasteiger charge is -2.38. The van der Waals surface area contributed by atoms with Gasteiger partial charge in [-0.2, -0.15) is 0 Å². The molecule has 2 N–H and O–H groups in total.